The Morgan fingerprint density at radius 2 is 1.75 bits per heavy atom. The van der Waals surface area contributed by atoms with Gasteiger partial charge in [0.05, 0.1) is 5.56 Å². The third-order valence-electron chi connectivity index (χ3n) is 2.77. The van der Waals surface area contributed by atoms with E-state index in [0.717, 1.165) is 37.2 Å². The van der Waals surface area contributed by atoms with Crippen LogP contribution in [0, 0.1) is 0 Å². The summed E-state index contributed by atoms with van der Waals surface area (Å²) >= 11 is 0. The van der Waals surface area contributed by atoms with E-state index in [4.69, 9.17) is 0 Å². The molecule has 0 aliphatic carbocycles. The Bertz CT molecular complexity index is 328. The standard InChI is InChI=1S/C11H12F3N.ClH/c12-11(13,14)10-3-1-8(2-4-10)9-5-6-15-7-9;/h1-4,9,15H,5-7H2;1H. The molecule has 0 amide bonds. The number of alkyl halides is 3. The predicted molar refractivity (Wildman–Crippen MR) is 58.9 cm³/mol. The molecule has 0 spiro atoms. The number of rotatable bonds is 1. The number of benzene rings is 1. The summed E-state index contributed by atoms with van der Waals surface area (Å²) in [5, 5.41) is 3.19. The van der Waals surface area contributed by atoms with Crippen LogP contribution < -0.4 is 5.32 Å². The smallest absolute Gasteiger partial charge is 0.316 e. The van der Waals surface area contributed by atoms with Gasteiger partial charge in [-0.2, -0.15) is 13.2 Å². The first-order valence-electron chi connectivity index (χ1n) is 4.95. The molecule has 1 aromatic rings. The normalized spacial score (nSPS) is 20.6. The highest BCUT2D eigenvalue weighted by atomic mass is 35.5. The minimum atomic E-state index is -4.23. The van der Waals surface area contributed by atoms with E-state index in [0.29, 0.717) is 5.92 Å². The van der Waals surface area contributed by atoms with Crippen LogP contribution >= 0.6 is 12.4 Å². The fourth-order valence-electron chi connectivity index (χ4n) is 1.88. The van der Waals surface area contributed by atoms with Gasteiger partial charge >= 0.3 is 6.18 Å². The summed E-state index contributed by atoms with van der Waals surface area (Å²) in [6.45, 7) is 1.82. The van der Waals surface area contributed by atoms with Crippen molar-refractivity contribution in [2.24, 2.45) is 0 Å². The molecule has 1 N–H and O–H groups in total. The van der Waals surface area contributed by atoms with E-state index in [2.05, 4.69) is 5.32 Å². The van der Waals surface area contributed by atoms with Crippen LogP contribution in [-0.4, -0.2) is 13.1 Å². The van der Waals surface area contributed by atoms with Crippen molar-refractivity contribution < 1.29 is 13.2 Å². The molecule has 1 aliphatic rings. The lowest BCUT2D eigenvalue weighted by Gasteiger charge is -2.11. The van der Waals surface area contributed by atoms with Gasteiger partial charge in [0.1, 0.15) is 0 Å². The summed E-state index contributed by atoms with van der Waals surface area (Å²) < 4.78 is 36.9. The van der Waals surface area contributed by atoms with E-state index in [-0.39, 0.29) is 12.4 Å². The minimum absolute atomic E-state index is 0. The minimum Gasteiger partial charge on any atom is -0.316 e. The molecule has 5 heteroatoms. The van der Waals surface area contributed by atoms with Gasteiger partial charge in [-0.15, -0.1) is 12.4 Å². The Hall–Kier alpha value is -0.740. The first-order chi connectivity index (χ1) is 7.07. The molecule has 1 nitrogen and oxygen atoms in total. The van der Waals surface area contributed by atoms with Gasteiger partial charge in [0, 0.05) is 6.54 Å². The lowest BCUT2D eigenvalue weighted by Crippen LogP contribution is -2.09. The zero-order valence-corrected chi connectivity index (χ0v) is 9.37. The third kappa shape index (κ3) is 2.89. The largest absolute Gasteiger partial charge is 0.416 e. The molecular weight excluding hydrogens is 239 g/mol. The summed E-state index contributed by atoms with van der Waals surface area (Å²) in [5.74, 6) is 0.368. The first-order valence-corrected chi connectivity index (χ1v) is 4.95. The maximum Gasteiger partial charge on any atom is 0.416 e. The lowest BCUT2D eigenvalue weighted by atomic mass is 9.97. The van der Waals surface area contributed by atoms with Gasteiger partial charge in [0.2, 0.25) is 0 Å². The first kappa shape index (κ1) is 13.3. The highest BCUT2D eigenvalue weighted by Gasteiger charge is 2.30. The molecular formula is C11H13ClF3N. The molecule has 0 aromatic heterocycles. The second-order valence-corrected chi connectivity index (χ2v) is 3.81. The van der Waals surface area contributed by atoms with Gasteiger partial charge in [-0.05, 0) is 36.6 Å². The Balaban J connectivity index is 0.00000128. The Labute approximate surface area is 98.4 Å². The van der Waals surface area contributed by atoms with Crippen molar-refractivity contribution in [3.05, 3.63) is 35.4 Å². The van der Waals surface area contributed by atoms with Crippen LogP contribution in [0.15, 0.2) is 24.3 Å². The maximum atomic E-state index is 12.3. The molecule has 1 fully saturated rings. The molecule has 1 aliphatic heterocycles. The molecule has 1 unspecified atom stereocenters. The van der Waals surface area contributed by atoms with Crippen LogP contribution in [0.3, 0.4) is 0 Å². The second kappa shape index (κ2) is 5.06. The van der Waals surface area contributed by atoms with Crippen LogP contribution in [0.25, 0.3) is 0 Å². The predicted octanol–water partition coefficient (Wildman–Crippen LogP) is 3.20. The monoisotopic (exact) mass is 251 g/mol. The van der Waals surface area contributed by atoms with E-state index >= 15 is 0 Å². The second-order valence-electron chi connectivity index (χ2n) is 3.81. The van der Waals surface area contributed by atoms with Crippen LogP contribution in [0.4, 0.5) is 13.2 Å². The third-order valence-corrected chi connectivity index (χ3v) is 2.77. The molecule has 0 bridgehead atoms. The molecule has 1 heterocycles. The molecule has 2 rings (SSSR count). The molecule has 90 valence electrons. The van der Waals surface area contributed by atoms with Crippen LogP contribution in [0.1, 0.15) is 23.5 Å². The van der Waals surface area contributed by atoms with Gasteiger partial charge in [-0.3, -0.25) is 0 Å². The molecule has 0 radical (unpaired) electrons. The van der Waals surface area contributed by atoms with E-state index in [9.17, 15) is 13.2 Å². The Morgan fingerprint density at radius 3 is 2.19 bits per heavy atom. The van der Waals surface area contributed by atoms with Crippen LogP contribution in [0.2, 0.25) is 0 Å². The van der Waals surface area contributed by atoms with Crippen molar-refractivity contribution in [3.8, 4) is 0 Å². The van der Waals surface area contributed by atoms with Gasteiger partial charge in [0.25, 0.3) is 0 Å². The van der Waals surface area contributed by atoms with Crippen LogP contribution in [-0.2, 0) is 6.18 Å². The lowest BCUT2D eigenvalue weighted by molar-refractivity contribution is -0.137. The summed E-state index contributed by atoms with van der Waals surface area (Å²) in [4.78, 5) is 0. The molecule has 16 heavy (non-hydrogen) atoms. The summed E-state index contributed by atoms with van der Waals surface area (Å²) in [5.41, 5.74) is 0.421. The van der Waals surface area contributed by atoms with Crippen molar-refractivity contribution in [1.82, 2.24) is 5.32 Å². The highest BCUT2D eigenvalue weighted by molar-refractivity contribution is 5.85. The molecule has 0 saturated carbocycles. The molecule has 1 saturated heterocycles. The van der Waals surface area contributed by atoms with E-state index in [1.165, 1.54) is 0 Å². The van der Waals surface area contributed by atoms with E-state index in [1.807, 2.05) is 0 Å². The average molecular weight is 252 g/mol. The van der Waals surface area contributed by atoms with Crippen molar-refractivity contribution >= 4 is 12.4 Å². The van der Waals surface area contributed by atoms with Gasteiger partial charge in [0.15, 0.2) is 0 Å². The average Bonchev–Trinajstić information content (AvgIpc) is 2.69. The van der Waals surface area contributed by atoms with E-state index < -0.39 is 11.7 Å². The summed E-state index contributed by atoms with van der Waals surface area (Å²) in [7, 11) is 0. The highest BCUT2D eigenvalue weighted by Crippen LogP contribution is 2.31. The topological polar surface area (TPSA) is 12.0 Å². The summed E-state index contributed by atoms with van der Waals surface area (Å²) in [6.07, 6.45) is -3.22. The van der Waals surface area contributed by atoms with Crippen molar-refractivity contribution in [3.63, 3.8) is 0 Å². The van der Waals surface area contributed by atoms with Crippen LogP contribution in [0.5, 0.6) is 0 Å². The molecule has 1 atom stereocenters. The Kier molecular flexibility index (Phi) is 4.21. The number of hydrogen-bond donors (Lipinski definition) is 1. The zero-order chi connectivity index (χ0) is 10.9. The maximum absolute atomic E-state index is 12.3. The number of hydrogen-bond acceptors (Lipinski definition) is 1. The summed E-state index contributed by atoms with van der Waals surface area (Å²) in [6, 6.07) is 5.49. The van der Waals surface area contributed by atoms with E-state index in [1.54, 1.807) is 12.1 Å². The number of halogens is 4. The van der Waals surface area contributed by atoms with Gasteiger partial charge in [-0.25, -0.2) is 0 Å². The molecule has 1 aromatic carbocycles. The van der Waals surface area contributed by atoms with Crippen molar-refractivity contribution in [1.29, 1.82) is 0 Å². The fraction of sp³-hybridized carbons (Fsp3) is 0.455. The van der Waals surface area contributed by atoms with Gasteiger partial charge in [-0.1, -0.05) is 12.1 Å². The van der Waals surface area contributed by atoms with Gasteiger partial charge < -0.3 is 5.32 Å². The number of nitrogens with one attached hydrogen (secondary N) is 1. The quantitative estimate of drug-likeness (QED) is 0.808. The fourth-order valence-corrected chi connectivity index (χ4v) is 1.88. The van der Waals surface area contributed by atoms with Crippen molar-refractivity contribution in [2.45, 2.75) is 18.5 Å². The Morgan fingerprint density at radius 1 is 1.12 bits per heavy atom. The zero-order valence-electron chi connectivity index (χ0n) is 8.55. The SMILES string of the molecule is Cl.FC(F)(F)c1ccc(C2CCNC2)cc1. The van der Waals surface area contributed by atoms with Crippen molar-refractivity contribution in [2.75, 3.05) is 13.1 Å².